The van der Waals surface area contributed by atoms with Crippen LogP contribution in [0.4, 0.5) is 26.3 Å². The topological polar surface area (TPSA) is 30.5 Å². The van der Waals surface area contributed by atoms with E-state index in [4.69, 9.17) is 24.4 Å². The maximum atomic E-state index is 12.8. The fourth-order valence-electron chi connectivity index (χ4n) is 3.33. The second-order valence-electron chi connectivity index (χ2n) is 6.63. The fraction of sp³-hybridized carbons (Fsp3) is 0.222. The van der Waals surface area contributed by atoms with E-state index in [0.717, 1.165) is 24.3 Å². The van der Waals surface area contributed by atoms with Crippen molar-refractivity contribution in [1.29, 1.82) is 0 Å². The van der Waals surface area contributed by atoms with E-state index in [1.54, 1.807) is 10.0 Å². The summed E-state index contributed by atoms with van der Waals surface area (Å²) in [6.45, 7) is 0. The molecule has 30 heavy (non-hydrogen) atoms. The first-order chi connectivity index (χ1) is 14.0. The van der Waals surface area contributed by atoms with Crippen molar-refractivity contribution in [1.82, 2.24) is 20.7 Å². The van der Waals surface area contributed by atoms with Gasteiger partial charge in [0, 0.05) is 0 Å². The lowest BCUT2D eigenvalue weighted by Gasteiger charge is -2.27. The van der Waals surface area contributed by atoms with E-state index in [9.17, 15) is 26.3 Å². The Kier molecular flexibility index (Phi) is 4.81. The highest BCUT2D eigenvalue weighted by molar-refractivity contribution is 7.80. The van der Waals surface area contributed by atoms with Crippen molar-refractivity contribution in [3.05, 3.63) is 70.8 Å². The zero-order chi connectivity index (χ0) is 21.8. The quantitative estimate of drug-likeness (QED) is 0.497. The molecule has 158 valence electrons. The molecular weight excluding hydrogens is 450 g/mol. The summed E-state index contributed by atoms with van der Waals surface area (Å²) in [6.07, 6.45) is -10.2. The molecule has 2 aromatic rings. The van der Waals surface area contributed by atoms with Gasteiger partial charge in [0.05, 0.1) is 11.1 Å². The third kappa shape index (κ3) is 3.54. The highest BCUT2D eigenvalue weighted by atomic mass is 32.1. The lowest BCUT2D eigenvalue weighted by Crippen LogP contribution is -2.36. The normalized spacial score (nSPS) is 21.5. The average Bonchev–Trinajstić information content (AvgIpc) is 3.19. The average molecular weight is 462 g/mol. The third-order valence-corrected chi connectivity index (χ3v) is 5.38. The Labute approximate surface area is 177 Å². The van der Waals surface area contributed by atoms with Gasteiger partial charge in [0.1, 0.15) is 12.3 Å². The van der Waals surface area contributed by atoms with Gasteiger partial charge in [-0.05, 0) is 59.8 Å². The van der Waals surface area contributed by atoms with Gasteiger partial charge in [-0.3, -0.25) is 0 Å². The van der Waals surface area contributed by atoms with Gasteiger partial charge in [-0.15, -0.1) is 0 Å². The number of benzene rings is 2. The monoisotopic (exact) mass is 462 g/mol. The number of hydrazine groups is 1. The van der Waals surface area contributed by atoms with Gasteiger partial charge in [0.25, 0.3) is 0 Å². The molecule has 2 aromatic carbocycles. The molecule has 0 unspecified atom stereocenters. The van der Waals surface area contributed by atoms with E-state index in [1.165, 1.54) is 24.3 Å². The van der Waals surface area contributed by atoms with E-state index in [1.807, 2.05) is 0 Å². The van der Waals surface area contributed by atoms with E-state index >= 15 is 0 Å². The highest BCUT2D eigenvalue weighted by Crippen LogP contribution is 2.38. The van der Waals surface area contributed by atoms with E-state index < -0.39 is 35.8 Å². The number of fused-ring (bicyclic) bond motifs is 1. The van der Waals surface area contributed by atoms with Crippen LogP contribution in [0.5, 0.6) is 0 Å². The summed E-state index contributed by atoms with van der Waals surface area (Å²) in [6, 6.07) is 9.12. The molecule has 12 heteroatoms. The molecule has 0 aliphatic carbocycles. The minimum atomic E-state index is -4.46. The number of alkyl halides is 6. The molecule has 2 atom stereocenters. The second kappa shape index (κ2) is 6.98. The number of rotatable bonds is 2. The molecular formula is C18H12F6N4S2. The molecule has 2 fully saturated rings. The minimum absolute atomic E-state index is 0.233. The van der Waals surface area contributed by atoms with Gasteiger partial charge >= 0.3 is 12.4 Å². The van der Waals surface area contributed by atoms with Crippen LogP contribution in [0.1, 0.15) is 34.6 Å². The molecule has 0 saturated carbocycles. The van der Waals surface area contributed by atoms with Crippen LogP contribution < -0.4 is 10.6 Å². The van der Waals surface area contributed by atoms with Crippen LogP contribution in [-0.2, 0) is 12.4 Å². The number of halogens is 6. The summed E-state index contributed by atoms with van der Waals surface area (Å²) in [4.78, 5) is 0. The summed E-state index contributed by atoms with van der Waals surface area (Å²) >= 11 is 10.7. The van der Waals surface area contributed by atoms with Crippen molar-refractivity contribution in [3.8, 4) is 0 Å². The first kappa shape index (κ1) is 20.7. The Hall–Kier alpha value is -2.60. The van der Waals surface area contributed by atoms with Crippen LogP contribution in [0.3, 0.4) is 0 Å². The van der Waals surface area contributed by atoms with Gasteiger partial charge < -0.3 is 10.6 Å². The van der Waals surface area contributed by atoms with E-state index in [-0.39, 0.29) is 10.2 Å². The lowest BCUT2D eigenvalue weighted by molar-refractivity contribution is -0.138. The highest BCUT2D eigenvalue weighted by Gasteiger charge is 2.47. The van der Waals surface area contributed by atoms with Crippen molar-refractivity contribution in [3.63, 3.8) is 0 Å². The Morgan fingerprint density at radius 1 is 0.600 bits per heavy atom. The summed E-state index contributed by atoms with van der Waals surface area (Å²) < 4.78 is 76.9. The molecule has 4 rings (SSSR count). The summed E-state index contributed by atoms with van der Waals surface area (Å²) in [7, 11) is 0. The Bertz CT molecular complexity index is 906. The minimum Gasteiger partial charge on any atom is -0.336 e. The molecule has 2 aliphatic rings. The van der Waals surface area contributed by atoms with E-state index in [2.05, 4.69) is 10.6 Å². The van der Waals surface area contributed by atoms with Crippen molar-refractivity contribution in [2.45, 2.75) is 24.7 Å². The number of hydrogen-bond donors (Lipinski definition) is 2. The van der Waals surface area contributed by atoms with Crippen LogP contribution in [0.15, 0.2) is 48.5 Å². The van der Waals surface area contributed by atoms with Crippen LogP contribution in [0.2, 0.25) is 0 Å². The molecule has 0 aromatic heterocycles. The van der Waals surface area contributed by atoms with Crippen molar-refractivity contribution >= 4 is 34.7 Å². The van der Waals surface area contributed by atoms with Gasteiger partial charge in [-0.25, -0.2) is 10.0 Å². The summed E-state index contributed by atoms with van der Waals surface area (Å²) in [5.41, 5.74) is -0.586. The zero-order valence-corrected chi connectivity index (χ0v) is 16.4. The molecule has 0 radical (unpaired) electrons. The van der Waals surface area contributed by atoms with Crippen LogP contribution in [0, 0.1) is 0 Å². The maximum absolute atomic E-state index is 12.8. The molecule has 2 aliphatic heterocycles. The third-order valence-electron chi connectivity index (χ3n) is 4.77. The standard InChI is InChI=1S/C18H12F6N4S2/c19-17(20,21)11-5-1-9(2-6-11)13-25-15(29)28-14(26-16(30)27(13)28)10-3-7-12(8-4-10)18(22,23)24/h1-8,13-14H,(H,25,29)(H,26,30)/t13-,14-/m0/s1. The molecule has 2 heterocycles. The summed E-state index contributed by atoms with van der Waals surface area (Å²) in [5.74, 6) is 0. The van der Waals surface area contributed by atoms with Crippen LogP contribution >= 0.6 is 24.4 Å². The number of hydrogen-bond acceptors (Lipinski definition) is 2. The van der Waals surface area contributed by atoms with Crippen molar-refractivity contribution in [2.75, 3.05) is 0 Å². The Morgan fingerprint density at radius 2 is 0.900 bits per heavy atom. The molecule has 2 N–H and O–H groups in total. The van der Waals surface area contributed by atoms with Gasteiger partial charge in [-0.1, -0.05) is 24.3 Å². The van der Waals surface area contributed by atoms with Crippen LogP contribution in [0.25, 0.3) is 0 Å². The first-order valence-corrected chi connectivity index (χ1v) is 9.32. The number of thiocarbonyl (C=S) groups is 2. The molecule has 2 saturated heterocycles. The molecule has 0 spiro atoms. The van der Waals surface area contributed by atoms with E-state index in [0.29, 0.717) is 11.1 Å². The zero-order valence-electron chi connectivity index (χ0n) is 14.8. The van der Waals surface area contributed by atoms with Gasteiger partial charge in [-0.2, -0.15) is 26.3 Å². The van der Waals surface area contributed by atoms with Gasteiger partial charge in [0.2, 0.25) is 0 Å². The number of nitrogens with one attached hydrogen (secondary N) is 2. The Morgan fingerprint density at radius 3 is 1.17 bits per heavy atom. The SMILES string of the molecule is FC(F)(F)c1ccc([C@H]2NC(=S)N3[C@@H](c4ccc(C(F)(F)F)cc4)NC(=S)N23)cc1. The maximum Gasteiger partial charge on any atom is 0.416 e. The predicted molar refractivity (Wildman–Crippen MR) is 104 cm³/mol. The fourth-order valence-corrected chi connectivity index (χ4v) is 3.94. The van der Waals surface area contributed by atoms with Gasteiger partial charge in [0.15, 0.2) is 10.2 Å². The van der Waals surface area contributed by atoms with Crippen molar-refractivity contribution in [2.24, 2.45) is 0 Å². The van der Waals surface area contributed by atoms with Crippen LogP contribution in [-0.4, -0.2) is 20.2 Å². The summed E-state index contributed by atoms with van der Waals surface area (Å²) in [5, 5.41) is 9.56. The lowest BCUT2D eigenvalue weighted by atomic mass is 10.1. The van der Waals surface area contributed by atoms with Crippen molar-refractivity contribution < 1.29 is 26.3 Å². The first-order valence-electron chi connectivity index (χ1n) is 8.50. The molecule has 0 amide bonds. The second-order valence-corrected chi connectivity index (χ2v) is 7.41. The predicted octanol–water partition coefficient (Wildman–Crippen LogP) is 4.72. The largest absolute Gasteiger partial charge is 0.416 e. The number of nitrogens with zero attached hydrogens (tertiary/aromatic N) is 2. The molecule has 0 bridgehead atoms. The molecule has 4 nitrogen and oxygen atoms in total. The smallest absolute Gasteiger partial charge is 0.336 e. The Balaban J connectivity index is 1.61.